The molecule has 1 rings (SSSR count). The molecule has 184 valence electrons. The molecular weight excluding hydrogens is 502 g/mol. The van der Waals surface area contributed by atoms with Crippen LogP contribution in [-0.2, 0) is 46.4 Å². The van der Waals surface area contributed by atoms with Crippen LogP contribution in [0.15, 0.2) is 0 Å². The summed E-state index contributed by atoms with van der Waals surface area (Å²) >= 11 is 16.0. The van der Waals surface area contributed by atoms with Gasteiger partial charge in [-0.2, -0.15) is 0 Å². The van der Waals surface area contributed by atoms with Crippen LogP contribution in [0, 0.1) is 0 Å². The van der Waals surface area contributed by atoms with E-state index in [4.69, 9.17) is 46.4 Å². The van der Waals surface area contributed by atoms with Gasteiger partial charge in [0.05, 0.1) is 43.2 Å². The fraction of sp³-hybridized carbons (Fsp3) is 1.00. The van der Waals surface area contributed by atoms with E-state index in [0.29, 0.717) is 11.9 Å². The Kier molecular flexibility index (Phi) is 19.5. The van der Waals surface area contributed by atoms with Gasteiger partial charge in [0.2, 0.25) is 11.4 Å². The zero-order chi connectivity index (χ0) is 24.1. The molecule has 2 atom stereocenters. The summed E-state index contributed by atoms with van der Waals surface area (Å²) in [5.41, 5.74) is -4.57. The van der Waals surface area contributed by atoms with Gasteiger partial charge in [-0.25, -0.2) is 0 Å². The molecule has 0 aromatic heterocycles. The smallest absolute Gasteiger partial charge is 0.247 e. The highest BCUT2D eigenvalue weighted by Gasteiger charge is 2.24. The molecule has 0 spiro atoms. The molecule has 0 aromatic rings. The van der Waals surface area contributed by atoms with Gasteiger partial charge in [-0.05, 0) is 92.9 Å². The van der Waals surface area contributed by atoms with Crippen molar-refractivity contribution in [1.29, 1.82) is 0 Å². The zero-order valence-electron chi connectivity index (χ0n) is 19.9. The zero-order valence-corrected chi connectivity index (χ0v) is 25.1. The predicted octanol–water partition coefficient (Wildman–Crippen LogP) is 6.57. The van der Waals surface area contributed by atoms with Gasteiger partial charge in [0, 0.05) is 5.75 Å². The van der Waals surface area contributed by atoms with E-state index in [1.807, 2.05) is 55.4 Å². The Morgan fingerprint density at radius 3 is 1.40 bits per heavy atom. The summed E-state index contributed by atoms with van der Waals surface area (Å²) in [7, 11) is 0. The van der Waals surface area contributed by atoms with E-state index in [2.05, 4.69) is 19.2 Å². The lowest BCUT2D eigenvalue weighted by atomic mass is 10.5. The maximum absolute atomic E-state index is 9.22. The molecule has 1 heterocycles. The standard InChI is InChI=1S/C9H21O3PS2.C6H15O2PS2.C3H6O/c1-7(2)11-13(14,12-8(3)4)15-6-9(5)10;1-5(2)7-9(10,11)8-6(3)4;1-3-2-4-3/h7-10H,6H2,1-5H3;5-6H,1-4H3,(H,10,11);3H,2H2,1H3. The Morgan fingerprint density at radius 1 is 0.900 bits per heavy atom. The summed E-state index contributed by atoms with van der Waals surface area (Å²) < 4.78 is 26.7. The third kappa shape index (κ3) is 26.0. The highest BCUT2D eigenvalue weighted by atomic mass is 32.9. The van der Waals surface area contributed by atoms with E-state index < -0.39 is 11.4 Å². The molecular formula is C18H42O6P2S4. The number of rotatable bonds is 11. The molecule has 1 aliphatic rings. The van der Waals surface area contributed by atoms with E-state index in [0.717, 1.165) is 6.61 Å². The lowest BCUT2D eigenvalue weighted by molar-refractivity contribution is 0.185. The largest absolute Gasteiger partial charge is 0.393 e. The van der Waals surface area contributed by atoms with Crippen LogP contribution in [0.4, 0.5) is 0 Å². The van der Waals surface area contributed by atoms with Gasteiger partial charge in [-0.15, -0.1) is 0 Å². The molecule has 0 amide bonds. The summed E-state index contributed by atoms with van der Waals surface area (Å²) in [6.45, 7) is 20.2. The van der Waals surface area contributed by atoms with Crippen LogP contribution in [0.1, 0.15) is 69.2 Å². The first-order valence-corrected chi connectivity index (χ1v) is 18.1. The summed E-state index contributed by atoms with van der Waals surface area (Å²) in [6, 6.07) is 0. The summed E-state index contributed by atoms with van der Waals surface area (Å²) in [5.74, 6) is 0.552. The van der Waals surface area contributed by atoms with Crippen molar-refractivity contribution in [3.05, 3.63) is 0 Å². The molecule has 12 heteroatoms. The van der Waals surface area contributed by atoms with Gasteiger partial charge >= 0.3 is 0 Å². The number of aliphatic hydroxyl groups is 1. The van der Waals surface area contributed by atoms with Crippen molar-refractivity contribution in [2.24, 2.45) is 0 Å². The number of hydrogen-bond donors (Lipinski definition) is 2. The molecule has 2 unspecified atom stereocenters. The van der Waals surface area contributed by atoms with Crippen LogP contribution >= 0.6 is 35.0 Å². The van der Waals surface area contributed by atoms with Crippen molar-refractivity contribution in [2.75, 3.05) is 12.4 Å². The number of aliphatic hydroxyl groups excluding tert-OH is 1. The third-order valence-electron chi connectivity index (χ3n) is 2.34. The molecule has 1 fully saturated rings. The number of epoxide rings is 1. The van der Waals surface area contributed by atoms with Crippen molar-refractivity contribution in [3.8, 4) is 0 Å². The first kappa shape index (κ1) is 33.9. The lowest BCUT2D eigenvalue weighted by Gasteiger charge is -2.25. The van der Waals surface area contributed by atoms with Gasteiger partial charge in [0.25, 0.3) is 0 Å². The topological polar surface area (TPSA) is 69.7 Å². The Morgan fingerprint density at radius 2 is 1.20 bits per heavy atom. The minimum Gasteiger partial charge on any atom is -0.393 e. The molecule has 1 aliphatic heterocycles. The number of ether oxygens (including phenoxy) is 1. The molecule has 0 radical (unpaired) electrons. The van der Waals surface area contributed by atoms with Gasteiger partial charge in [-0.3, -0.25) is 0 Å². The Balaban J connectivity index is 0. The van der Waals surface area contributed by atoms with E-state index in [9.17, 15) is 5.11 Å². The van der Waals surface area contributed by atoms with Gasteiger partial charge in [0.15, 0.2) is 0 Å². The molecule has 6 nitrogen and oxygen atoms in total. The molecule has 1 saturated heterocycles. The second kappa shape index (κ2) is 17.2. The van der Waals surface area contributed by atoms with E-state index in [1.54, 1.807) is 6.92 Å². The Bertz CT molecular complexity index is 501. The second-order valence-electron chi connectivity index (χ2n) is 7.82. The van der Waals surface area contributed by atoms with Crippen molar-refractivity contribution in [3.63, 3.8) is 0 Å². The molecule has 0 aliphatic carbocycles. The first-order chi connectivity index (χ1) is 13.5. The maximum Gasteiger partial charge on any atom is 0.247 e. The number of thiol groups is 1. The Labute approximate surface area is 204 Å². The highest BCUT2D eigenvalue weighted by Crippen LogP contribution is 2.62. The summed E-state index contributed by atoms with van der Waals surface area (Å²) in [5, 5.41) is 9.22. The summed E-state index contributed by atoms with van der Waals surface area (Å²) in [4.78, 5) is 0. The highest BCUT2D eigenvalue weighted by molar-refractivity contribution is 8.67. The normalized spacial score (nSPS) is 17.5. The van der Waals surface area contributed by atoms with E-state index in [-0.39, 0.29) is 30.5 Å². The SMILES string of the molecule is CC(C)OP(=S)(S)OC(C)C.CC(O)CSP(=S)(OC(C)C)OC(C)C.CC1CO1. The number of hydrogen-bond acceptors (Lipinski definition) is 9. The van der Waals surface area contributed by atoms with Crippen LogP contribution in [0.3, 0.4) is 0 Å². The van der Waals surface area contributed by atoms with Crippen molar-refractivity contribution >= 4 is 58.6 Å². The van der Waals surface area contributed by atoms with Crippen LogP contribution in [0.5, 0.6) is 0 Å². The second-order valence-corrected chi connectivity index (χ2v) is 19.3. The monoisotopic (exact) mass is 544 g/mol. The van der Waals surface area contributed by atoms with Crippen molar-refractivity contribution in [1.82, 2.24) is 0 Å². The average molecular weight is 545 g/mol. The van der Waals surface area contributed by atoms with Crippen LogP contribution in [-0.4, -0.2) is 54.1 Å². The fourth-order valence-corrected chi connectivity index (χ4v) is 10.5. The molecule has 0 aromatic carbocycles. The van der Waals surface area contributed by atoms with Crippen LogP contribution in [0.2, 0.25) is 0 Å². The fourth-order valence-electron chi connectivity index (χ4n) is 1.46. The molecule has 1 N–H and O–H groups in total. The lowest BCUT2D eigenvalue weighted by Crippen LogP contribution is -2.09. The molecule has 0 bridgehead atoms. The third-order valence-corrected chi connectivity index (χ3v) is 10.5. The van der Waals surface area contributed by atoms with E-state index >= 15 is 0 Å². The maximum atomic E-state index is 9.22. The van der Waals surface area contributed by atoms with Gasteiger partial charge in [0.1, 0.15) is 0 Å². The first-order valence-electron chi connectivity index (χ1n) is 10.1. The van der Waals surface area contributed by atoms with Crippen LogP contribution < -0.4 is 0 Å². The van der Waals surface area contributed by atoms with Gasteiger partial charge < -0.3 is 27.9 Å². The van der Waals surface area contributed by atoms with E-state index in [1.165, 1.54) is 11.4 Å². The van der Waals surface area contributed by atoms with Crippen molar-refractivity contribution < 1.29 is 27.9 Å². The quantitative estimate of drug-likeness (QED) is 0.171. The van der Waals surface area contributed by atoms with Crippen LogP contribution in [0.25, 0.3) is 0 Å². The Hall–Kier alpha value is 1.76. The molecule has 0 saturated carbocycles. The minimum atomic E-state index is -2.30. The average Bonchev–Trinajstić information content (AvgIpc) is 3.24. The van der Waals surface area contributed by atoms with Gasteiger partial charge in [-0.1, -0.05) is 23.6 Å². The summed E-state index contributed by atoms with van der Waals surface area (Å²) in [6.07, 6.45) is 0.463. The minimum absolute atomic E-state index is 0.0519. The molecule has 30 heavy (non-hydrogen) atoms. The van der Waals surface area contributed by atoms with Crippen molar-refractivity contribution in [2.45, 2.75) is 106 Å². The predicted molar refractivity (Wildman–Crippen MR) is 142 cm³/mol.